The van der Waals surface area contributed by atoms with E-state index >= 15 is 0 Å². The Labute approximate surface area is 147 Å². The van der Waals surface area contributed by atoms with E-state index in [1.807, 2.05) is 30.3 Å². The largest absolute Gasteiger partial charge is 0.392 e. The Morgan fingerprint density at radius 2 is 1.84 bits per heavy atom. The molecule has 1 saturated heterocycles. The average Bonchev–Trinajstić information content (AvgIpc) is 2.68. The van der Waals surface area contributed by atoms with E-state index < -0.39 is 0 Å². The van der Waals surface area contributed by atoms with Crippen molar-refractivity contribution < 1.29 is 15.0 Å². The van der Waals surface area contributed by atoms with Crippen LogP contribution < -0.4 is 0 Å². The molecule has 1 aliphatic heterocycles. The van der Waals surface area contributed by atoms with E-state index in [-0.39, 0.29) is 24.5 Å². The first-order valence-electron chi connectivity index (χ1n) is 8.75. The second-order valence-corrected chi connectivity index (χ2v) is 6.56. The Morgan fingerprint density at radius 3 is 2.52 bits per heavy atom. The summed E-state index contributed by atoms with van der Waals surface area (Å²) in [6.07, 6.45) is 1.86. The van der Waals surface area contributed by atoms with Gasteiger partial charge in [0.15, 0.2) is 0 Å². The quantitative estimate of drug-likeness (QED) is 0.873. The number of benzene rings is 1. The fourth-order valence-corrected chi connectivity index (χ4v) is 3.36. The molecule has 0 spiro atoms. The number of amides is 1. The van der Waals surface area contributed by atoms with Crippen LogP contribution in [0.3, 0.4) is 0 Å². The van der Waals surface area contributed by atoms with Gasteiger partial charge in [-0.25, -0.2) is 4.98 Å². The van der Waals surface area contributed by atoms with Gasteiger partial charge in [-0.2, -0.15) is 0 Å². The van der Waals surface area contributed by atoms with Crippen molar-refractivity contribution in [2.45, 2.75) is 32.0 Å². The zero-order valence-electron chi connectivity index (χ0n) is 14.2. The van der Waals surface area contributed by atoms with Crippen molar-refractivity contribution in [2.75, 3.05) is 13.1 Å². The summed E-state index contributed by atoms with van der Waals surface area (Å²) in [7, 11) is 0. The van der Waals surface area contributed by atoms with Crippen molar-refractivity contribution in [1.29, 1.82) is 0 Å². The van der Waals surface area contributed by atoms with Gasteiger partial charge in [0, 0.05) is 13.1 Å². The number of hydrogen-bond donors (Lipinski definition) is 2. The van der Waals surface area contributed by atoms with Gasteiger partial charge in [-0.1, -0.05) is 36.4 Å². The summed E-state index contributed by atoms with van der Waals surface area (Å²) in [5.74, 6) is 0.104. The monoisotopic (exact) mass is 340 g/mol. The van der Waals surface area contributed by atoms with Crippen molar-refractivity contribution in [3.8, 4) is 0 Å². The first-order chi connectivity index (χ1) is 12.2. The fraction of sp³-hybridized carbons (Fsp3) is 0.400. The Balaban J connectivity index is 1.55. The number of aliphatic hydroxyl groups is 2. The molecule has 3 rings (SSSR count). The van der Waals surface area contributed by atoms with Crippen LogP contribution in [-0.4, -0.2) is 45.2 Å². The number of rotatable bonds is 5. The van der Waals surface area contributed by atoms with E-state index in [0.717, 1.165) is 18.4 Å². The van der Waals surface area contributed by atoms with E-state index in [4.69, 9.17) is 5.11 Å². The van der Waals surface area contributed by atoms with Crippen LogP contribution in [-0.2, 0) is 13.0 Å². The molecule has 1 aromatic carbocycles. The van der Waals surface area contributed by atoms with Gasteiger partial charge < -0.3 is 15.1 Å². The van der Waals surface area contributed by atoms with Crippen LogP contribution in [0.4, 0.5) is 0 Å². The number of pyridine rings is 1. The molecule has 25 heavy (non-hydrogen) atoms. The molecule has 2 aromatic rings. The Kier molecular flexibility index (Phi) is 5.79. The molecule has 1 unspecified atom stereocenters. The lowest BCUT2D eigenvalue weighted by atomic mass is 9.88. The lowest BCUT2D eigenvalue weighted by molar-refractivity contribution is 0.0463. The van der Waals surface area contributed by atoms with Crippen molar-refractivity contribution in [2.24, 2.45) is 5.92 Å². The van der Waals surface area contributed by atoms with Gasteiger partial charge in [0.1, 0.15) is 5.69 Å². The van der Waals surface area contributed by atoms with E-state index in [2.05, 4.69) is 4.98 Å². The standard InChI is InChI=1S/C20H24N2O3/c23-14-17-7-4-8-18(21-17)20(25)22-11-9-16(10-12-22)19(24)13-15-5-2-1-3-6-15/h1-8,16,19,23-24H,9-14H2. The van der Waals surface area contributed by atoms with Gasteiger partial charge in [-0.3, -0.25) is 4.79 Å². The molecule has 2 N–H and O–H groups in total. The maximum Gasteiger partial charge on any atom is 0.272 e. The third-order valence-corrected chi connectivity index (χ3v) is 4.85. The zero-order chi connectivity index (χ0) is 17.6. The summed E-state index contributed by atoms with van der Waals surface area (Å²) in [4.78, 5) is 18.5. The molecular formula is C20H24N2O3. The SMILES string of the molecule is O=C(c1cccc(CO)n1)N1CCC(C(O)Cc2ccccc2)CC1. The smallest absolute Gasteiger partial charge is 0.272 e. The number of aromatic nitrogens is 1. The molecule has 0 radical (unpaired) electrons. The van der Waals surface area contributed by atoms with Gasteiger partial charge >= 0.3 is 0 Å². The van der Waals surface area contributed by atoms with Crippen LogP contribution in [0, 0.1) is 5.92 Å². The lowest BCUT2D eigenvalue weighted by Crippen LogP contribution is -2.42. The summed E-state index contributed by atoms with van der Waals surface area (Å²) in [6, 6.07) is 15.1. The summed E-state index contributed by atoms with van der Waals surface area (Å²) in [6.45, 7) is 1.08. The van der Waals surface area contributed by atoms with Crippen LogP contribution in [0.2, 0.25) is 0 Å². The predicted molar refractivity (Wildman–Crippen MR) is 94.9 cm³/mol. The maximum atomic E-state index is 12.6. The fourth-order valence-electron chi connectivity index (χ4n) is 3.36. The number of carbonyl (C=O) groups excluding carboxylic acids is 1. The Bertz CT molecular complexity index is 697. The Hall–Kier alpha value is -2.24. The molecule has 1 aliphatic rings. The molecule has 5 nitrogen and oxygen atoms in total. The van der Waals surface area contributed by atoms with Crippen LogP contribution in [0.15, 0.2) is 48.5 Å². The Morgan fingerprint density at radius 1 is 1.12 bits per heavy atom. The minimum atomic E-state index is -0.379. The lowest BCUT2D eigenvalue weighted by Gasteiger charge is -2.34. The van der Waals surface area contributed by atoms with Crippen LogP contribution in [0.25, 0.3) is 0 Å². The summed E-state index contributed by atoms with van der Waals surface area (Å²) >= 11 is 0. The van der Waals surface area contributed by atoms with Crippen molar-refractivity contribution >= 4 is 5.91 Å². The van der Waals surface area contributed by atoms with Gasteiger partial charge in [-0.15, -0.1) is 0 Å². The third-order valence-electron chi connectivity index (χ3n) is 4.85. The molecule has 1 amide bonds. The molecule has 132 valence electrons. The van der Waals surface area contributed by atoms with Crippen molar-refractivity contribution in [3.05, 3.63) is 65.5 Å². The molecule has 2 heterocycles. The van der Waals surface area contributed by atoms with Crippen LogP contribution in [0.1, 0.15) is 34.6 Å². The minimum absolute atomic E-state index is 0.105. The van der Waals surface area contributed by atoms with Crippen molar-refractivity contribution in [1.82, 2.24) is 9.88 Å². The molecule has 1 atom stereocenters. The molecule has 1 aromatic heterocycles. The first-order valence-corrected chi connectivity index (χ1v) is 8.75. The molecule has 5 heteroatoms. The molecule has 0 aliphatic carbocycles. The normalized spacial score (nSPS) is 16.6. The summed E-state index contributed by atoms with van der Waals surface area (Å²) in [5.41, 5.74) is 2.01. The third kappa shape index (κ3) is 4.44. The highest BCUT2D eigenvalue weighted by atomic mass is 16.3. The van der Waals surface area contributed by atoms with E-state index in [1.165, 1.54) is 0 Å². The van der Waals surface area contributed by atoms with E-state index in [0.29, 0.717) is 30.9 Å². The summed E-state index contributed by atoms with van der Waals surface area (Å²) < 4.78 is 0. The maximum absolute atomic E-state index is 12.6. The number of hydrogen-bond acceptors (Lipinski definition) is 4. The van der Waals surface area contributed by atoms with Crippen molar-refractivity contribution in [3.63, 3.8) is 0 Å². The number of piperidine rings is 1. The molecule has 0 saturated carbocycles. The predicted octanol–water partition coefficient (Wildman–Crippen LogP) is 2.03. The number of likely N-dealkylation sites (tertiary alicyclic amines) is 1. The zero-order valence-corrected chi connectivity index (χ0v) is 14.2. The highest BCUT2D eigenvalue weighted by Gasteiger charge is 2.28. The average molecular weight is 340 g/mol. The minimum Gasteiger partial charge on any atom is -0.392 e. The highest BCUT2D eigenvalue weighted by molar-refractivity contribution is 5.92. The van der Waals surface area contributed by atoms with Gasteiger partial charge in [0.25, 0.3) is 5.91 Å². The van der Waals surface area contributed by atoms with E-state index in [9.17, 15) is 9.90 Å². The number of nitrogens with zero attached hydrogens (tertiary/aromatic N) is 2. The van der Waals surface area contributed by atoms with Crippen LogP contribution >= 0.6 is 0 Å². The number of aliphatic hydroxyl groups excluding tert-OH is 2. The highest BCUT2D eigenvalue weighted by Crippen LogP contribution is 2.24. The second-order valence-electron chi connectivity index (χ2n) is 6.56. The second kappa shape index (κ2) is 8.23. The summed E-state index contributed by atoms with van der Waals surface area (Å²) in [5, 5.41) is 19.6. The molecular weight excluding hydrogens is 316 g/mol. The van der Waals surface area contributed by atoms with Crippen LogP contribution in [0.5, 0.6) is 0 Å². The first kappa shape index (κ1) is 17.6. The van der Waals surface area contributed by atoms with Gasteiger partial charge in [0.05, 0.1) is 18.4 Å². The van der Waals surface area contributed by atoms with E-state index in [1.54, 1.807) is 23.1 Å². The van der Waals surface area contributed by atoms with Gasteiger partial charge in [0.2, 0.25) is 0 Å². The number of carbonyl (C=O) groups is 1. The van der Waals surface area contributed by atoms with Gasteiger partial charge in [-0.05, 0) is 42.9 Å². The molecule has 1 fully saturated rings. The topological polar surface area (TPSA) is 73.7 Å². The molecule has 0 bridgehead atoms.